The minimum absolute atomic E-state index is 0.104. The highest BCUT2D eigenvalue weighted by Crippen LogP contribution is 2.17. The summed E-state index contributed by atoms with van der Waals surface area (Å²) < 4.78 is 1.81. The van der Waals surface area contributed by atoms with Gasteiger partial charge < -0.3 is 10.4 Å². The normalized spacial score (nSPS) is 10.8. The molecule has 2 aromatic heterocycles. The van der Waals surface area contributed by atoms with Crippen LogP contribution in [0.5, 0.6) is 0 Å². The highest BCUT2D eigenvalue weighted by atomic mass is 32.1. The molecule has 5 nitrogen and oxygen atoms in total. The van der Waals surface area contributed by atoms with E-state index in [-0.39, 0.29) is 6.42 Å². The van der Waals surface area contributed by atoms with Crippen molar-refractivity contribution in [3.8, 4) is 0 Å². The maximum Gasteiger partial charge on any atom is 0.308 e. The standard InChI is InChI=1S/C13H17N3O2S/c1-9-10(8-16(2)15-9)6-14-7-12-4-3-11(19-12)5-13(17)18/h3-4,8,14H,5-7H2,1-2H3,(H,17,18). The lowest BCUT2D eigenvalue weighted by Gasteiger charge is -2.01. The molecule has 0 aliphatic rings. The van der Waals surface area contributed by atoms with E-state index in [0.29, 0.717) is 0 Å². The second kappa shape index (κ2) is 5.99. The SMILES string of the molecule is Cc1nn(C)cc1CNCc1ccc(CC(=O)O)s1. The van der Waals surface area contributed by atoms with Gasteiger partial charge in [0.15, 0.2) is 0 Å². The molecule has 0 aliphatic carbocycles. The molecule has 0 amide bonds. The average molecular weight is 279 g/mol. The molecule has 2 heterocycles. The van der Waals surface area contributed by atoms with Gasteiger partial charge in [-0.15, -0.1) is 11.3 Å². The fourth-order valence-electron chi connectivity index (χ4n) is 1.90. The van der Waals surface area contributed by atoms with Crippen LogP contribution in [0.3, 0.4) is 0 Å². The third-order valence-electron chi connectivity index (χ3n) is 2.77. The summed E-state index contributed by atoms with van der Waals surface area (Å²) in [4.78, 5) is 12.6. The molecule has 2 N–H and O–H groups in total. The van der Waals surface area contributed by atoms with Crippen LogP contribution in [-0.4, -0.2) is 20.9 Å². The quantitative estimate of drug-likeness (QED) is 0.844. The molecule has 102 valence electrons. The topological polar surface area (TPSA) is 67.2 Å². The summed E-state index contributed by atoms with van der Waals surface area (Å²) in [6, 6.07) is 3.86. The first-order valence-electron chi connectivity index (χ1n) is 6.04. The molecule has 19 heavy (non-hydrogen) atoms. The van der Waals surface area contributed by atoms with Crippen LogP contribution in [0, 0.1) is 6.92 Å². The summed E-state index contributed by atoms with van der Waals surface area (Å²) >= 11 is 1.54. The molecule has 0 radical (unpaired) electrons. The van der Waals surface area contributed by atoms with E-state index in [0.717, 1.165) is 28.5 Å². The van der Waals surface area contributed by atoms with E-state index in [9.17, 15) is 4.79 Å². The van der Waals surface area contributed by atoms with Crippen molar-refractivity contribution in [1.82, 2.24) is 15.1 Å². The van der Waals surface area contributed by atoms with Crippen LogP contribution < -0.4 is 5.32 Å². The fraction of sp³-hybridized carbons (Fsp3) is 0.385. The van der Waals surface area contributed by atoms with Gasteiger partial charge in [0.05, 0.1) is 12.1 Å². The average Bonchev–Trinajstić information content (AvgIpc) is 2.86. The zero-order valence-electron chi connectivity index (χ0n) is 11.0. The molecule has 0 saturated heterocycles. The Balaban J connectivity index is 1.84. The predicted molar refractivity (Wildman–Crippen MR) is 74.1 cm³/mol. The van der Waals surface area contributed by atoms with Crippen molar-refractivity contribution in [3.63, 3.8) is 0 Å². The fourth-order valence-corrected chi connectivity index (χ4v) is 2.88. The summed E-state index contributed by atoms with van der Waals surface area (Å²) in [5, 5.41) is 16.4. The lowest BCUT2D eigenvalue weighted by molar-refractivity contribution is -0.136. The van der Waals surface area contributed by atoms with Gasteiger partial charge in [-0.25, -0.2) is 0 Å². The first-order chi connectivity index (χ1) is 9.04. The molecule has 0 atom stereocenters. The minimum atomic E-state index is -0.785. The maximum atomic E-state index is 10.6. The van der Waals surface area contributed by atoms with Gasteiger partial charge in [-0.1, -0.05) is 0 Å². The van der Waals surface area contributed by atoms with Gasteiger partial charge in [-0.2, -0.15) is 5.10 Å². The number of nitrogens with zero attached hydrogens (tertiary/aromatic N) is 2. The van der Waals surface area contributed by atoms with Crippen molar-refractivity contribution < 1.29 is 9.90 Å². The lowest BCUT2D eigenvalue weighted by atomic mass is 10.2. The van der Waals surface area contributed by atoms with Crippen molar-refractivity contribution in [1.29, 1.82) is 0 Å². The van der Waals surface area contributed by atoms with Gasteiger partial charge in [0.2, 0.25) is 0 Å². The van der Waals surface area contributed by atoms with Crippen LogP contribution in [0.4, 0.5) is 0 Å². The Morgan fingerprint density at radius 3 is 2.79 bits per heavy atom. The number of nitrogens with one attached hydrogen (secondary N) is 1. The van der Waals surface area contributed by atoms with Crippen molar-refractivity contribution >= 4 is 17.3 Å². The van der Waals surface area contributed by atoms with E-state index in [1.807, 2.05) is 37.0 Å². The zero-order chi connectivity index (χ0) is 13.8. The Labute approximate surface area is 115 Å². The van der Waals surface area contributed by atoms with Gasteiger partial charge in [-0.05, 0) is 19.1 Å². The van der Waals surface area contributed by atoms with Gasteiger partial charge in [0.25, 0.3) is 0 Å². The number of aromatic nitrogens is 2. The Bertz CT molecular complexity index is 574. The van der Waals surface area contributed by atoms with Crippen LogP contribution >= 0.6 is 11.3 Å². The van der Waals surface area contributed by atoms with Gasteiger partial charge in [0, 0.05) is 41.7 Å². The molecular formula is C13H17N3O2S. The van der Waals surface area contributed by atoms with Crippen LogP contribution in [0.1, 0.15) is 21.0 Å². The summed E-state index contributed by atoms with van der Waals surface area (Å²) in [5.74, 6) is -0.785. The van der Waals surface area contributed by atoms with E-state index in [4.69, 9.17) is 5.11 Å². The highest BCUT2D eigenvalue weighted by molar-refractivity contribution is 7.12. The number of carboxylic acid groups (broad SMARTS) is 1. The van der Waals surface area contributed by atoms with E-state index in [1.165, 1.54) is 5.56 Å². The maximum absolute atomic E-state index is 10.6. The smallest absolute Gasteiger partial charge is 0.308 e. The van der Waals surface area contributed by atoms with Crippen LogP contribution in [-0.2, 0) is 31.4 Å². The third kappa shape index (κ3) is 3.90. The van der Waals surface area contributed by atoms with Crippen molar-refractivity contribution in [2.45, 2.75) is 26.4 Å². The minimum Gasteiger partial charge on any atom is -0.481 e. The van der Waals surface area contributed by atoms with E-state index in [2.05, 4.69) is 10.4 Å². The summed E-state index contributed by atoms with van der Waals surface area (Å²) in [6.07, 6.45) is 2.11. The number of carbonyl (C=O) groups is 1. The van der Waals surface area contributed by atoms with Crippen LogP contribution in [0.15, 0.2) is 18.3 Å². The lowest BCUT2D eigenvalue weighted by Crippen LogP contribution is -2.11. The summed E-state index contributed by atoms with van der Waals surface area (Å²) in [5.41, 5.74) is 2.22. The number of hydrogen-bond acceptors (Lipinski definition) is 4. The Morgan fingerprint density at radius 2 is 2.16 bits per heavy atom. The molecule has 2 aromatic rings. The van der Waals surface area contributed by atoms with Gasteiger partial charge in [-0.3, -0.25) is 9.48 Å². The second-order valence-corrected chi connectivity index (χ2v) is 5.71. The molecular weight excluding hydrogens is 262 g/mol. The molecule has 6 heteroatoms. The van der Waals surface area contributed by atoms with Crippen molar-refractivity contribution in [3.05, 3.63) is 39.3 Å². The van der Waals surface area contributed by atoms with Gasteiger partial charge in [0.1, 0.15) is 0 Å². The van der Waals surface area contributed by atoms with Crippen molar-refractivity contribution in [2.24, 2.45) is 7.05 Å². The molecule has 0 saturated carbocycles. The van der Waals surface area contributed by atoms with E-state index >= 15 is 0 Å². The Morgan fingerprint density at radius 1 is 1.42 bits per heavy atom. The zero-order valence-corrected chi connectivity index (χ0v) is 11.8. The highest BCUT2D eigenvalue weighted by Gasteiger charge is 2.05. The third-order valence-corrected chi connectivity index (χ3v) is 3.86. The molecule has 0 aromatic carbocycles. The Hall–Kier alpha value is -1.66. The predicted octanol–water partition coefficient (Wildman–Crippen LogP) is 1.71. The van der Waals surface area contributed by atoms with Gasteiger partial charge >= 0.3 is 5.97 Å². The van der Waals surface area contributed by atoms with Crippen molar-refractivity contribution in [2.75, 3.05) is 0 Å². The number of thiophene rings is 1. The number of aliphatic carboxylic acids is 1. The molecule has 0 aliphatic heterocycles. The van der Waals surface area contributed by atoms with E-state index < -0.39 is 5.97 Å². The summed E-state index contributed by atoms with van der Waals surface area (Å²) in [6.45, 7) is 3.51. The number of rotatable bonds is 6. The second-order valence-electron chi connectivity index (χ2n) is 4.46. The molecule has 0 bridgehead atoms. The first kappa shape index (κ1) is 13.8. The number of hydrogen-bond donors (Lipinski definition) is 2. The number of aryl methyl sites for hydroxylation is 2. The summed E-state index contributed by atoms with van der Waals surface area (Å²) in [7, 11) is 1.91. The molecule has 0 fully saturated rings. The molecule has 0 unspecified atom stereocenters. The number of carboxylic acids is 1. The van der Waals surface area contributed by atoms with Crippen LogP contribution in [0.2, 0.25) is 0 Å². The molecule has 0 spiro atoms. The monoisotopic (exact) mass is 279 g/mol. The molecule has 2 rings (SSSR count). The Kier molecular flexibility index (Phi) is 4.34. The first-order valence-corrected chi connectivity index (χ1v) is 6.85. The largest absolute Gasteiger partial charge is 0.481 e. The van der Waals surface area contributed by atoms with E-state index in [1.54, 1.807) is 11.3 Å². The van der Waals surface area contributed by atoms with Crippen LogP contribution in [0.25, 0.3) is 0 Å².